The molecule has 0 bridgehead atoms. The van der Waals surface area contributed by atoms with E-state index >= 15 is 0 Å². The number of morpholine rings is 1. The van der Waals surface area contributed by atoms with Crippen LogP contribution in [0, 0.1) is 6.92 Å². The van der Waals surface area contributed by atoms with Crippen LogP contribution in [0.4, 0.5) is 5.69 Å². The molecule has 8 nitrogen and oxygen atoms in total. The summed E-state index contributed by atoms with van der Waals surface area (Å²) in [4.78, 5) is 19.8. The molecule has 3 aromatic heterocycles. The number of hydrogen-bond donors (Lipinski definition) is 1. The highest BCUT2D eigenvalue weighted by Crippen LogP contribution is 2.32. The summed E-state index contributed by atoms with van der Waals surface area (Å²) in [7, 11) is 1.88. The van der Waals surface area contributed by atoms with Crippen LogP contribution in [0.2, 0.25) is 0 Å². The number of benzene rings is 1. The Balaban J connectivity index is 1.54. The largest absolute Gasteiger partial charge is 0.449 e. The molecule has 1 fully saturated rings. The molecule has 5 rings (SSSR count). The first-order chi connectivity index (χ1) is 16.6. The van der Waals surface area contributed by atoms with Gasteiger partial charge in [-0.1, -0.05) is 23.8 Å². The summed E-state index contributed by atoms with van der Waals surface area (Å²) in [6.45, 7) is 5.65. The molecule has 0 atom stereocenters. The SMILES string of the molecule is CNCCCC(=O)c1cc2nc(-n3ccc(-c4cccc(C)c4)n3)cc(N3CCOCC3)c2o1. The van der Waals surface area contributed by atoms with Crippen molar-refractivity contribution in [3.05, 3.63) is 60.0 Å². The second-order valence-electron chi connectivity index (χ2n) is 8.57. The smallest absolute Gasteiger partial charge is 0.198 e. The van der Waals surface area contributed by atoms with Crippen molar-refractivity contribution in [2.75, 3.05) is 44.8 Å². The van der Waals surface area contributed by atoms with Gasteiger partial charge in [-0.2, -0.15) is 5.10 Å². The topological polar surface area (TPSA) is 85.4 Å². The predicted molar refractivity (Wildman–Crippen MR) is 132 cm³/mol. The molecule has 4 aromatic rings. The number of aromatic nitrogens is 3. The van der Waals surface area contributed by atoms with Crippen molar-refractivity contribution in [3.63, 3.8) is 0 Å². The summed E-state index contributed by atoms with van der Waals surface area (Å²) < 4.78 is 13.4. The van der Waals surface area contributed by atoms with Gasteiger partial charge in [-0.15, -0.1) is 0 Å². The van der Waals surface area contributed by atoms with Gasteiger partial charge in [0.1, 0.15) is 5.52 Å². The van der Waals surface area contributed by atoms with Gasteiger partial charge in [0.25, 0.3) is 0 Å². The third kappa shape index (κ3) is 4.60. The number of furan rings is 1. The number of Topliss-reactive ketones (excluding diaryl/α,β-unsaturated/α-hetero) is 1. The lowest BCUT2D eigenvalue weighted by molar-refractivity contribution is 0.0955. The van der Waals surface area contributed by atoms with Gasteiger partial charge in [0, 0.05) is 43.4 Å². The van der Waals surface area contributed by atoms with Crippen molar-refractivity contribution in [1.82, 2.24) is 20.1 Å². The van der Waals surface area contributed by atoms with Crippen molar-refractivity contribution in [1.29, 1.82) is 0 Å². The van der Waals surface area contributed by atoms with Crippen LogP contribution in [-0.4, -0.2) is 60.4 Å². The highest BCUT2D eigenvalue weighted by molar-refractivity contribution is 5.99. The molecule has 0 saturated carbocycles. The summed E-state index contributed by atoms with van der Waals surface area (Å²) in [5, 5.41) is 7.86. The van der Waals surface area contributed by atoms with Crippen molar-refractivity contribution in [3.8, 4) is 17.1 Å². The van der Waals surface area contributed by atoms with E-state index in [1.54, 1.807) is 10.7 Å². The van der Waals surface area contributed by atoms with Crippen molar-refractivity contribution >= 4 is 22.6 Å². The molecule has 0 radical (unpaired) electrons. The number of pyridine rings is 1. The van der Waals surface area contributed by atoms with E-state index in [1.807, 2.05) is 31.4 Å². The van der Waals surface area contributed by atoms with Gasteiger partial charge < -0.3 is 19.4 Å². The van der Waals surface area contributed by atoms with Gasteiger partial charge in [-0.05, 0) is 39.1 Å². The van der Waals surface area contributed by atoms with Crippen LogP contribution >= 0.6 is 0 Å². The average Bonchev–Trinajstić information content (AvgIpc) is 3.52. The molecular weight excluding hydrogens is 430 g/mol. The number of carbonyl (C=O) groups is 1. The summed E-state index contributed by atoms with van der Waals surface area (Å²) in [5.74, 6) is 1.03. The third-order valence-electron chi connectivity index (χ3n) is 6.04. The molecule has 176 valence electrons. The summed E-state index contributed by atoms with van der Waals surface area (Å²) >= 11 is 0. The Hall–Kier alpha value is -3.49. The quantitative estimate of drug-likeness (QED) is 0.315. The molecule has 1 aliphatic heterocycles. The number of anilines is 1. The number of rotatable bonds is 8. The van der Waals surface area contributed by atoms with Crippen molar-refractivity contribution in [2.24, 2.45) is 0 Å². The lowest BCUT2D eigenvalue weighted by atomic mass is 10.1. The maximum absolute atomic E-state index is 12.7. The molecule has 4 heterocycles. The Labute approximate surface area is 198 Å². The van der Waals surface area contributed by atoms with Gasteiger partial charge in [0.05, 0.1) is 24.6 Å². The first kappa shape index (κ1) is 22.3. The Morgan fingerprint density at radius 2 is 2.00 bits per heavy atom. The zero-order chi connectivity index (χ0) is 23.5. The van der Waals surface area contributed by atoms with E-state index in [-0.39, 0.29) is 5.78 Å². The van der Waals surface area contributed by atoms with E-state index in [2.05, 4.69) is 35.3 Å². The number of nitrogens with one attached hydrogen (secondary N) is 1. The standard InChI is InChI=1S/C26H29N5O3/c1-18-5-3-6-19(15-18)20-8-10-31(29-20)25-17-22(30-11-13-33-14-12-30)26-21(28-25)16-24(34-26)23(32)7-4-9-27-2/h3,5-6,8,10,15-17,27H,4,7,9,11-14H2,1-2H3. The normalized spacial score (nSPS) is 14.1. The molecule has 0 unspecified atom stereocenters. The summed E-state index contributed by atoms with van der Waals surface area (Å²) in [6.07, 6.45) is 3.11. The molecule has 0 aliphatic carbocycles. The second kappa shape index (κ2) is 9.79. The lowest BCUT2D eigenvalue weighted by Crippen LogP contribution is -2.36. The van der Waals surface area contributed by atoms with Crippen LogP contribution in [0.5, 0.6) is 0 Å². The Kier molecular flexibility index (Phi) is 6.42. The zero-order valence-corrected chi connectivity index (χ0v) is 19.6. The predicted octanol–water partition coefficient (Wildman–Crippen LogP) is 4.01. The van der Waals surface area contributed by atoms with E-state index in [0.29, 0.717) is 42.3 Å². The molecule has 8 heteroatoms. The minimum Gasteiger partial charge on any atom is -0.449 e. The van der Waals surface area contributed by atoms with Crippen LogP contribution in [0.1, 0.15) is 29.0 Å². The zero-order valence-electron chi connectivity index (χ0n) is 19.6. The van der Waals surface area contributed by atoms with E-state index in [4.69, 9.17) is 19.2 Å². The first-order valence-electron chi connectivity index (χ1n) is 11.7. The third-order valence-corrected chi connectivity index (χ3v) is 6.04. The minimum atomic E-state index is -0.0106. The van der Waals surface area contributed by atoms with Gasteiger partial charge in [0.15, 0.2) is 22.9 Å². The molecule has 34 heavy (non-hydrogen) atoms. The van der Waals surface area contributed by atoms with Crippen LogP contribution in [-0.2, 0) is 4.74 Å². The fourth-order valence-corrected chi connectivity index (χ4v) is 4.24. The maximum atomic E-state index is 12.7. The molecule has 0 spiro atoms. The fourth-order valence-electron chi connectivity index (χ4n) is 4.24. The van der Waals surface area contributed by atoms with Crippen molar-refractivity contribution in [2.45, 2.75) is 19.8 Å². The van der Waals surface area contributed by atoms with Gasteiger partial charge >= 0.3 is 0 Å². The molecule has 0 amide bonds. The monoisotopic (exact) mass is 459 g/mol. The van der Waals surface area contributed by atoms with Gasteiger partial charge in [-0.25, -0.2) is 9.67 Å². The number of carbonyl (C=O) groups excluding carboxylic acids is 1. The van der Waals surface area contributed by atoms with E-state index in [1.165, 1.54) is 5.56 Å². The first-order valence-corrected chi connectivity index (χ1v) is 11.7. The molecule has 1 aromatic carbocycles. The summed E-state index contributed by atoms with van der Waals surface area (Å²) in [5.41, 5.74) is 5.33. The number of aryl methyl sites for hydroxylation is 1. The Morgan fingerprint density at radius 3 is 2.79 bits per heavy atom. The van der Waals surface area contributed by atoms with Crippen LogP contribution < -0.4 is 10.2 Å². The van der Waals surface area contributed by atoms with E-state index in [0.717, 1.165) is 43.0 Å². The Morgan fingerprint density at radius 1 is 1.15 bits per heavy atom. The maximum Gasteiger partial charge on any atom is 0.198 e. The number of ketones is 1. The van der Waals surface area contributed by atoms with Gasteiger partial charge in [-0.3, -0.25) is 4.79 Å². The highest BCUT2D eigenvalue weighted by Gasteiger charge is 2.22. The molecule has 1 N–H and O–H groups in total. The molecular formula is C26H29N5O3. The lowest BCUT2D eigenvalue weighted by Gasteiger charge is -2.28. The van der Waals surface area contributed by atoms with E-state index in [9.17, 15) is 4.79 Å². The van der Waals surface area contributed by atoms with E-state index < -0.39 is 0 Å². The van der Waals surface area contributed by atoms with Crippen LogP contribution in [0.3, 0.4) is 0 Å². The van der Waals surface area contributed by atoms with Crippen LogP contribution in [0.15, 0.2) is 53.1 Å². The van der Waals surface area contributed by atoms with Gasteiger partial charge in [0.2, 0.25) is 0 Å². The van der Waals surface area contributed by atoms with Crippen LogP contribution in [0.25, 0.3) is 28.2 Å². The fraction of sp³-hybridized carbons (Fsp3) is 0.346. The van der Waals surface area contributed by atoms with Crippen molar-refractivity contribution < 1.29 is 13.9 Å². The minimum absolute atomic E-state index is 0.0106. The number of fused-ring (bicyclic) bond motifs is 1. The number of hydrogen-bond acceptors (Lipinski definition) is 7. The Bertz CT molecular complexity index is 1300. The molecule has 1 aliphatic rings. The second-order valence-corrected chi connectivity index (χ2v) is 8.57. The number of ether oxygens (including phenoxy) is 1. The average molecular weight is 460 g/mol. The number of nitrogens with zero attached hydrogens (tertiary/aromatic N) is 4. The highest BCUT2D eigenvalue weighted by atomic mass is 16.5. The molecule has 1 saturated heterocycles. The summed E-state index contributed by atoms with van der Waals surface area (Å²) in [6, 6.07) is 14.0.